The van der Waals surface area contributed by atoms with Crippen LogP contribution in [-0.2, 0) is 48.2 Å². The summed E-state index contributed by atoms with van der Waals surface area (Å²) < 4.78 is 5.37. The molecule has 0 spiro atoms. The second kappa shape index (κ2) is 20.2. The van der Waals surface area contributed by atoms with Crippen molar-refractivity contribution < 1.29 is 38.6 Å². The highest BCUT2D eigenvalue weighted by Crippen LogP contribution is 2.11. The summed E-state index contributed by atoms with van der Waals surface area (Å²) >= 11 is 0. The van der Waals surface area contributed by atoms with Crippen molar-refractivity contribution in [2.75, 3.05) is 0 Å². The van der Waals surface area contributed by atoms with Crippen LogP contribution in [0.3, 0.4) is 0 Å². The van der Waals surface area contributed by atoms with E-state index in [2.05, 4.69) is 36.6 Å². The van der Waals surface area contributed by atoms with Crippen molar-refractivity contribution in [1.82, 2.24) is 36.6 Å². The van der Waals surface area contributed by atoms with Crippen molar-refractivity contribution in [1.29, 1.82) is 0 Å². The fourth-order valence-corrected chi connectivity index (χ4v) is 5.19. The molecular weight excluding hydrogens is 670 g/mol. The zero-order chi connectivity index (χ0) is 38.2. The zero-order valence-corrected chi connectivity index (χ0v) is 30.1. The number of rotatable bonds is 19. The van der Waals surface area contributed by atoms with Gasteiger partial charge >= 0.3 is 12.1 Å². The maximum Gasteiger partial charge on any atom is 0.408 e. The highest BCUT2D eigenvalue weighted by atomic mass is 16.5. The molecule has 0 unspecified atom stereocenters. The Morgan fingerprint density at radius 1 is 0.692 bits per heavy atom. The van der Waals surface area contributed by atoms with Crippen molar-refractivity contribution in [2.45, 2.75) is 90.7 Å². The zero-order valence-electron chi connectivity index (χ0n) is 30.1. The third-order valence-electron chi connectivity index (χ3n) is 8.03. The summed E-state index contributed by atoms with van der Waals surface area (Å²) in [6, 6.07) is 12.3. The summed E-state index contributed by atoms with van der Waals surface area (Å²) in [5.74, 6) is -4.43. The Balaban J connectivity index is 1.82. The van der Waals surface area contributed by atoms with Crippen LogP contribution in [0.5, 0.6) is 0 Å². The average Bonchev–Trinajstić information content (AvgIpc) is 3.62. The number of nitrogens with one attached hydrogen (secondary N) is 6. The highest BCUT2D eigenvalue weighted by Gasteiger charge is 2.33. The standard InChI is InChI=1S/C37H49N7O8/c1-22(2)16-28(34(47)44-31(23(3)4)35(48)40-24(5)36(49)50)41-33(46)30(18-27-19-38-21-39-27)42-32(45)29(17-25-12-8-6-9-13-25)43-37(51)52-20-26-14-10-7-11-15-26/h6-15,19,21-24,28-31H,16-18,20H2,1-5H3,(H,38,39)(H,40,48)(H,41,46)(H,42,45)(H,43,51)(H,44,47)(H,49,50)/t24-,28-,29-,30-,31-/m0/s1. The van der Waals surface area contributed by atoms with E-state index in [1.807, 2.05) is 38.1 Å². The minimum absolute atomic E-state index is 0.0194. The predicted octanol–water partition coefficient (Wildman–Crippen LogP) is 2.24. The molecule has 0 aliphatic carbocycles. The monoisotopic (exact) mass is 719 g/mol. The number of hydrogen-bond acceptors (Lipinski definition) is 8. The number of aromatic amines is 1. The van der Waals surface area contributed by atoms with Crippen LogP contribution in [0.1, 0.15) is 57.9 Å². The van der Waals surface area contributed by atoms with Gasteiger partial charge in [0, 0.05) is 24.7 Å². The van der Waals surface area contributed by atoms with E-state index in [1.165, 1.54) is 19.4 Å². The number of imidazole rings is 1. The van der Waals surface area contributed by atoms with E-state index in [0.29, 0.717) is 5.69 Å². The molecule has 5 amide bonds. The molecule has 7 N–H and O–H groups in total. The van der Waals surface area contributed by atoms with E-state index in [4.69, 9.17) is 4.74 Å². The number of carboxylic acid groups (broad SMARTS) is 1. The highest BCUT2D eigenvalue weighted by molar-refractivity contribution is 5.96. The van der Waals surface area contributed by atoms with Gasteiger partial charge in [0.15, 0.2) is 0 Å². The van der Waals surface area contributed by atoms with Crippen LogP contribution in [0.2, 0.25) is 0 Å². The first-order chi connectivity index (χ1) is 24.7. The Bertz CT molecular complexity index is 1620. The quantitative estimate of drug-likeness (QED) is 0.0965. The van der Waals surface area contributed by atoms with Gasteiger partial charge in [0.25, 0.3) is 0 Å². The SMILES string of the molecule is CC(C)C[C@H](NC(=O)[C@H](Cc1cnc[nH]1)NC(=O)[C@H](Cc1ccccc1)NC(=O)OCc1ccccc1)C(=O)N[C@H](C(=O)N[C@@H](C)C(=O)O)C(C)C. The first-order valence-electron chi connectivity index (χ1n) is 17.2. The fourth-order valence-electron chi connectivity index (χ4n) is 5.19. The Labute approximate surface area is 303 Å². The van der Waals surface area contributed by atoms with Crippen LogP contribution in [-0.4, -0.2) is 81.0 Å². The van der Waals surface area contributed by atoms with Gasteiger partial charge in [-0.15, -0.1) is 0 Å². The number of aliphatic carboxylic acids is 1. The molecule has 15 heteroatoms. The normalized spacial score (nSPS) is 13.9. The van der Waals surface area contributed by atoms with Crippen molar-refractivity contribution in [3.8, 4) is 0 Å². The van der Waals surface area contributed by atoms with Gasteiger partial charge in [0.05, 0.1) is 6.33 Å². The Morgan fingerprint density at radius 2 is 1.25 bits per heavy atom. The second-order valence-corrected chi connectivity index (χ2v) is 13.3. The first-order valence-corrected chi connectivity index (χ1v) is 17.2. The lowest BCUT2D eigenvalue weighted by Crippen LogP contribution is -2.60. The van der Waals surface area contributed by atoms with Gasteiger partial charge in [-0.25, -0.2) is 9.78 Å². The van der Waals surface area contributed by atoms with E-state index >= 15 is 0 Å². The van der Waals surface area contributed by atoms with Gasteiger partial charge < -0.3 is 41.4 Å². The van der Waals surface area contributed by atoms with Crippen molar-refractivity contribution in [3.05, 3.63) is 90.0 Å². The van der Waals surface area contributed by atoms with Crippen molar-refractivity contribution in [3.63, 3.8) is 0 Å². The fraction of sp³-hybridized carbons (Fsp3) is 0.432. The number of alkyl carbamates (subject to hydrolysis) is 1. The minimum atomic E-state index is -1.23. The number of H-pyrrole nitrogens is 1. The molecular formula is C37H49N7O8. The predicted molar refractivity (Wildman–Crippen MR) is 191 cm³/mol. The second-order valence-electron chi connectivity index (χ2n) is 13.3. The Hall–Kier alpha value is -5.73. The molecule has 52 heavy (non-hydrogen) atoms. The topological polar surface area (TPSA) is 221 Å². The maximum atomic E-state index is 13.9. The molecule has 1 aromatic heterocycles. The minimum Gasteiger partial charge on any atom is -0.480 e. The lowest BCUT2D eigenvalue weighted by Gasteiger charge is -2.28. The number of ether oxygens (including phenoxy) is 1. The summed E-state index contributed by atoms with van der Waals surface area (Å²) in [5, 5.41) is 22.4. The maximum absolute atomic E-state index is 13.9. The van der Waals surface area contributed by atoms with Crippen LogP contribution < -0.4 is 26.6 Å². The summed E-state index contributed by atoms with van der Waals surface area (Å²) in [6.07, 6.45) is 2.33. The summed E-state index contributed by atoms with van der Waals surface area (Å²) in [6.45, 7) is 8.39. The van der Waals surface area contributed by atoms with Gasteiger partial charge in [-0.2, -0.15) is 0 Å². The van der Waals surface area contributed by atoms with Crippen molar-refractivity contribution >= 4 is 35.7 Å². The van der Waals surface area contributed by atoms with Gasteiger partial charge in [0.2, 0.25) is 23.6 Å². The van der Waals surface area contributed by atoms with Crippen molar-refractivity contribution in [2.24, 2.45) is 11.8 Å². The number of amides is 5. The van der Waals surface area contributed by atoms with E-state index in [1.54, 1.807) is 50.2 Å². The molecule has 3 rings (SSSR count). The van der Waals surface area contributed by atoms with E-state index < -0.39 is 71.8 Å². The van der Waals surface area contributed by atoms with Crippen LogP contribution >= 0.6 is 0 Å². The molecule has 5 atom stereocenters. The number of carboxylic acids is 1. The first kappa shape index (κ1) is 40.7. The van der Waals surface area contributed by atoms with Gasteiger partial charge in [0.1, 0.15) is 36.8 Å². The molecule has 0 bridgehead atoms. The van der Waals surface area contributed by atoms with E-state index in [-0.39, 0.29) is 31.8 Å². The molecule has 1 heterocycles. The van der Waals surface area contributed by atoms with E-state index in [0.717, 1.165) is 11.1 Å². The number of carbonyl (C=O) groups is 6. The van der Waals surface area contributed by atoms with Gasteiger partial charge in [-0.3, -0.25) is 24.0 Å². The van der Waals surface area contributed by atoms with Crippen LogP contribution in [0.15, 0.2) is 73.2 Å². The molecule has 3 aromatic rings. The third kappa shape index (κ3) is 13.5. The number of nitrogens with zero attached hydrogens (tertiary/aromatic N) is 1. The molecule has 0 fully saturated rings. The lowest BCUT2D eigenvalue weighted by molar-refractivity contribution is -0.142. The molecule has 2 aromatic carbocycles. The number of benzene rings is 2. The van der Waals surface area contributed by atoms with Gasteiger partial charge in [-0.1, -0.05) is 88.4 Å². The molecule has 0 radical (unpaired) electrons. The molecule has 0 saturated heterocycles. The molecule has 0 aliphatic rings. The van der Waals surface area contributed by atoms with E-state index in [9.17, 15) is 33.9 Å². The van der Waals surface area contributed by atoms with Crippen LogP contribution in [0.4, 0.5) is 4.79 Å². The van der Waals surface area contributed by atoms with Crippen LogP contribution in [0.25, 0.3) is 0 Å². The third-order valence-corrected chi connectivity index (χ3v) is 8.03. The number of hydrogen-bond donors (Lipinski definition) is 7. The largest absolute Gasteiger partial charge is 0.480 e. The average molecular weight is 720 g/mol. The summed E-state index contributed by atoms with van der Waals surface area (Å²) in [4.78, 5) is 85.5. The number of carbonyl (C=O) groups excluding carboxylic acids is 5. The van der Waals surface area contributed by atoms with Crippen LogP contribution in [0, 0.1) is 11.8 Å². The Kier molecular flexibility index (Phi) is 15.8. The van der Waals surface area contributed by atoms with Gasteiger partial charge in [-0.05, 0) is 36.3 Å². The lowest BCUT2D eigenvalue weighted by atomic mass is 9.99. The number of aromatic nitrogens is 2. The molecule has 280 valence electrons. The Morgan fingerprint density at radius 3 is 1.79 bits per heavy atom. The summed E-state index contributed by atoms with van der Waals surface area (Å²) in [5.41, 5.74) is 2.02. The summed E-state index contributed by atoms with van der Waals surface area (Å²) in [7, 11) is 0. The molecule has 0 aliphatic heterocycles. The smallest absolute Gasteiger partial charge is 0.408 e. The molecule has 0 saturated carbocycles. The molecule has 15 nitrogen and oxygen atoms in total.